The zero-order chi connectivity index (χ0) is 14.6. The summed E-state index contributed by atoms with van der Waals surface area (Å²) in [4.78, 5) is 12.3. The highest BCUT2D eigenvalue weighted by Gasteiger charge is 2.43. The van der Waals surface area contributed by atoms with Gasteiger partial charge in [-0.2, -0.15) is 0 Å². The summed E-state index contributed by atoms with van der Waals surface area (Å²) in [5, 5.41) is 0. The summed E-state index contributed by atoms with van der Waals surface area (Å²) in [6.07, 6.45) is 1.39. The number of ether oxygens (including phenoxy) is 3. The van der Waals surface area contributed by atoms with E-state index in [0.717, 1.165) is 11.3 Å². The van der Waals surface area contributed by atoms with E-state index >= 15 is 0 Å². The van der Waals surface area contributed by atoms with E-state index in [1.54, 1.807) is 0 Å². The number of carbonyl (C=O) groups is 1. The van der Waals surface area contributed by atoms with E-state index in [4.69, 9.17) is 14.2 Å². The van der Waals surface area contributed by atoms with E-state index in [-0.39, 0.29) is 12.1 Å². The van der Waals surface area contributed by atoms with Crippen molar-refractivity contribution in [2.24, 2.45) is 0 Å². The molecule has 1 heterocycles. The van der Waals surface area contributed by atoms with Gasteiger partial charge in [0.05, 0.1) is 18.6 Å². The van der Waals surface area contributed by atoms with Gasteiger partial charge in [0.25, 0.3) is 0 Å². The fourth-order valence-electron chi connectivity index (χ4n) is 2.67. The van der Waals surface area contributed by atoms with E-state index < -0.39 is 5.41 Å². The van der Waals surface area contributed by atoms with Gasteiger partial charge in [-0.05, 0) is 44.4 Å². The van der Waals surface area contributed by atoms with Crippen LogP contribution in [0.15, 0.2) is 24.3 Å². The minimum atomic E-state index is -0.608. The van der Waals surface area contributed by atoms with Crippen LogP contribution in [-0.2, 0) is 19.7 Å². The van der Waals surface area contributed by atoms with Crippen molar-refractivity contribution in [3.8, 4) is 5.75 Å². The quantitative estimate of drug-likeness (QED) is 0.794. The first-order chi connectivity index (χ1) is 9.58. The van der Waals surface area contributed by atoms with E-state index in [0.29, 0.717) is 26.1 Å². The van der Waals surface area contributed by atoms with Crippen LogP contribution in [0, 0.1) is 0 Å². The monoisotopic (exact) mass is 278 g/mol. The lowest BCUT2D eigenvalue weighted by Gasteiger charge is -2.35. The number of esters is 1. The van der Waals surface area contributed by atoms with Crippen LogP contribution in [-0.4, -0.2) is 32.4 Å². The van der Waals surface area contributed by atoms with Gasteiger partial charge in [0, 0.05) is 13.2 Å². The normalized spacial score (nSPS) is 17.8. The van der Waals surface area contributed by atoms with E-state index in [1.165, 1.54) is 7.11 Å². The van der Waals surface area contributed by atoms with E-state index in [1.807, 2.05) is 38.1 Å². The zero-order valence-electron chi connectivity index (χ0n) is 12.3. The molecule has 0 amide bonds. The first kappa shape index (κ1) is 14.9. The van der Waals surface area contributed by atoms with Crippen LogP contribution in [0.4, 0.5) is 0 Å². The number of rotatable bonds is 4. The Kier molecular flexibility index (Phi) is 4.65. The Bertz CT molecular complexity index is 461. The third-order valence-electron chi connectivity index (χ3n) is 3.68. The first-order valence-electron chi connectivity index (χ1n) is 7.02. The molecule has 20 heavy (non-hydrogen) atoms. The number of methoxy groups -OCH3 is 1. The molecular formula is C16H22O4. The summed E-state index contributed by atoms with van der Waals surface area (Å²) < 4.78 is 16.2. The van der Waals surface area contributed by atoms with Crippen LogP contribution < -0.4 is 4.74 Å². The minimum absolute atomic E-state index is 0.106. The lowest BCUT2D eigenvalue weighted by atomic mass is 9.74. The van der Waals surface area contributed by atoms with Crippen molar-refractivity contribution < 1.29 is 19.0 Å². The number of benzene rings is 1. The second-order valence-corrected chi connectivity index (χ2v) is 5.38. The molecule has 0 saturated carbocycles. The molecule has 0 bridgehead atoms. The Morgan fingerprint density at radius 3 is 2.60 bits per heavy atom. The maximum Gasteiger partial charge on any atom is 0.316 e. The highest BCUT2D eigenvalue weighted by atomic mass is 16.5. The van der Waals surface area contributed by atoms with Crippen molar-refractivity contribution >= 4 is 5.97 Å². The standard InChI is InChI=1S/C16H22O4/c1-12(2)20-14-6-4-5-13(11-14)16(15(17)18-3)7-9-19-10-8-16/h4-6,11-12H,7-10H2,1-3H3. The van der Waals surface area contributed by atoms with Crippen molar-refractivity contribution in [2.75, 3.05) is 20.3 Å². The van der Waals surface area contributed by atoms with Crippen LogP contribution in [0.25, 0.3) is 0 Å². The fourth-order valence-corrected chi connectivity index (χ4v) is 2.67. The molecule has 1 aromatic rings. The third-order valence-corrected chi connectivity index (χ3v) is 3.68. The molecule has 4 heteroatoms. The van der Waals surface area contributed by atoms with Gasteiger partial charge in [-0.1, -0.05) is 12.1 Å². The van der Waals surface area contributed by atoms with Gasteiger partial charge < -0.3 is 14.2 Å². The average molecular weight is 278 g/mol. The predicted octanol–water partition coefficient (Wildman–Crippen LogP) is 2.70. The molecule has 0 N–H and O–H groups in total. The molecule has 0 unspecified atom stereocenters. The SMILES string of the molecule is COC(=O)C1(c2cccc(OC(C)C)c2)CCOCC1. The molecule has 1 aromatic carbocycles. The summed E-state index contributed by atoms with van der Waals surface area (Å²) in [5.74, 6) is 0.592. The first-order valence-corrected chi connectivity index (χ1v) is 7.02. The Morgan fingerprint density at radius 2 is 2.00 bits per heavy atom. The second kappa shape index (κ2) is 6.27. The van der Waals surface area contributed by atoms with E-state index in [9.17, 15) is 4.79 Å². The summed E-state index contributed by atoms with van der Waals surface area (Å²) in [5.41, 5.74) is 0.342. The van der Waals surface area contributed by atoms with Crippen molar-refractivity contribution in [2.45, 2.75) is 38.2 Å². The van der Waals surface area contributed by atoms with Gasteiger partial charge in [-0.15, -0.1) is 0 Å². The van der Waals surface area contributed by atoms with Gasteiger partial charge >= 0.3 is 5.97 Å². The van der Waals surface area contributed by atoms with Crippen molar-refractivity contribution in [3.63, 3.8) is 0 Å². The van der Waals surface area contributed by atoms with Gasteiger partial charge in [-0.3, -0.25) is 4.79 Å². The molecule has 1 aliphatic rings. The predicted molar refractivity (Wildman–Crippen MR) is 76.0 cm³/mol. The highest BCUT2D eigenvalue weighted by Crippen LogP contribution is 2.37. The van der Waals surface area contributed by atoms with Crippen LogP contribution in [0.3, 0.4) is 0 Å². The lowest BCUT2D eigenvalue weighted by molar-refractivity contribution is -0.151. The molecular weight excluding hydrogens is 256 g/mol. The fraction of sp³-hybridized carbons (Fsp3) is 0.562. The smallest absolute Gasteiger partial charge is 0.316 e. The Labute approximate surface area is 120 Å². The summed E-state index contributed by atoms with van der Waals surface area (Å²) >= 11 is 0. The van der Waals surface area contributed by atoms with Crippen LogP contribution in [0.1, 0.15) is 32.3 Å². The van der Waals surface area contributed by atoms with Gasteiger partial charge in [-0.25, -0.2) is 0 Å². The maximum atomic E-state index is 12.3. The second-order valence-electron chi connectivity index (χ2n) is 5.38. The molecule has 0 radical (unpaired) electrons. The molecule has 0 atom stereocenters. The Morgan fingerprint density at radius 1 is 1.30 bits per heavy atom. The van der Waals surface area contributed by atoms with Gasteiger partial charge in [0.15, 0.2) is 0 Å². The van der Waals surface area contributed by atoms with Crippen LogP contribution in [0.2, 0.25) is 0 Å². The summed E-state index contributed by atoms with van der Waals surface area (Å²) in [6, 6.07) is 7.75. The molecule has 1 aliphatic heterocycles. The zero-order valence-corrected chi connectivity index (χ0v) is 12.3. The topological polar surface area (TPSA) is 44.8 Å². The van der Waals surface area contributed by atoms with Crippen molar-refractivity contribution in [1.82, 2.24) is 0 Å². The van der Waals surface area contributed by atoms with Crippen LogP contribution in [0.5, 0.6) is 5.75 Å². The minimum Gasteiger partial charge on any atom is -0.491 e. The Hall–Kier alpha value is -1.55. The van der Waals surface area contributed by atoms with E-state index in [2.05, 4.69) is 0 Å². The molecule has 1 saturated heterocycles. The Balaban J connectivity index is 2.36. The number of carbonyl (C=O) groups excluding carboxylic acids is 1. The molecule has 0 spiro atoms. The molecule has 4 nitrogen and oxygen atoms in total. The summed E-state index contributed by atoms with van der Waals surface area (Å²) in [7, 11) is 1.44. The largest absolute Gasteiger partial charge is 0.491 e. The third kappa shape index (κ3) is 2.96. The molecule has 2 rings (SSSR count). The maximum absolute atomic E-state index is 12.3. The molecule has 0 aromatic heterocycles. The number of hydrogen-bond acceptors (Lipinski definition) is 4. The number of hydrogen-bond donors (Lipinski definition) is 0. The highest BCUT2D eigenvalue weighted by molar-refractivity contribution is 5.83. The lowest BCUT2D eigenvalue weighted by Crippen LogP contribution is -2.42. The van der Waals surface area contributed by atoms with Crippen molar-refractivity contribution in [3.05, 3.63) is 29.8 Å². The van der Waals surface area contributed by atoms with Gasteiger partial charge in [0.1, 0.15) is 5.75 Å². The van der Waals surface area contributed by atoms with Gasteiger partial charge in [0.2, 0.25) is 0 Å². The average Bonchev–Trinajstić information content (AvgIpc) is 2.46. The molecule has 0 aliphatic carbocycles. The molecule has 1 fully saturated rings. The van der Waals surface area contributed by atoms with Crippen molar-refractivity contribution in [1.29, 1.82) is 0 Å². The molecule has 110 valence electrons. The van der Waals surface area contributed by atoms with Crippen LogP contribution >= 0.6 is 0 Å². The summed E-state index contributed by atoms with van der Waals surface area (Å²) in [6.45, 7) is 5.11.